The largest absolute Gasteiger partial charge is 0.233 e. The van der Waals surface area contributed by atoms with Gasteiger partial charge in [0.25, 0.3) is 0 Å². The second-order valence-corrected chi connectivity index (χ2v) is 3.68. The van der Waals surface area contributed by atoms with Gasteiger partial charge in [-0.2, -0.15) is 5.10 Å². The zero-order valence-corrected chi connectivity index (χ0v) is 9.36. The molecule has 3 nitrogen and oxygen atoms in total. The van der Waals surface area contributed by atoms with Gasteiger partial charge in [0.15, 0.2) is 5.82 Å². The van der Waals surface area contributed by atoms with E-state index in [1.54, 1.807) is 6.20 Å². The van der Waals surface area contributed by atoms with E-state index in [1.807, 2.05) is 16.9 Å². The third kappa shape index (κ3) is 1.77. The van der Waals surface area contributed by atoms with E-state index in [9.17, 15) is 0 Å². The molecule has 78 valence electrons. The highest BCUT2D eigenvalue weighted by atomic mass is 15.3. The van der Waals surface area contributed by atoms with Crippen LogP contribution in [0, 0.1) is 13.8 Å². The van der Waals surface area contributed by atoms with Crippen LogP contribution < -0.4 is 0 Å². The summed E-state index contributed by atoms with van der Waals surface area (Å²) in [7, 11) is 0. The third-order valence-corrected chi connectivity index (χ3v) is 2.64. The van der Waals surface area contributed by atoms with Crippen molar-refractivity contribution in [1.29, 1.82) is 0 Å². The van der Waals surface area contributed by atoms with Crippen molar-refractivity contribution in [2.45, 2.75) is 27.2 Å². The molecule has 0 N–H and O–H groups in total. The minimum atomic E-state index is 0.942. The molecular weight excluding hydrogens is 186 g/mol. The molecule has 0 aromatic carbocycles. The van der Waals surface area contributed by atoms with Crippen molar-refractivity contribution in [2.75, 3.05) is 0 Å². The van der Waals surface area contributed by atoms with Gasteiger partial charge in [-0.15, -0.1) is 0 Å². The smallest absolute Gasteiger partial charge is 0.156 e. The van der Waals surface area contributed by atoms with Gasteiger partial charge in [0.1, 0.15) is 0 Å². The highest BCUT2D eigenvalue weighted by Crippen LogP contribution is 2.16. The Morgan fingerprint density at radius 3 is 2.73 bits per heavy atom. The molecule has 0 radical (unpaired) electrons. The van der Waals surface area contributed by atoms with Gasteiger partial charge >= 0.3 is 0 Å². The highest BCUT2D eigenvalue weighted by molar-refractivity contribution is 5.39. The van der Waals surface area contributed by atoms with Crippen LogP contribution in [0.1, 0.15) is 23.7 Å². The number of pyridine rings is 1. The van der Waals surface area contributed by atoms with Gasteiger partial charge in [0.05, 0.1) is 0 Å². The maximum absolute atomic E-state index is 4.59. The molecule has 0 aliphatic carbocycles. The summed E-state index contributed by atoms with van der Waals surface area (Å²) in [5, 5.41) is 4.22. The van der Waals surface area contributed by atoms with Gasteiger partial charge in [-0.05, 0) is 43.5 Å². The van der Waals surface area contributed by atoms with Crippen LogP contribution in [0.15, 0.2) is 24.5 Å². The van der Waals surface area contributed by atoms with Crippen molar-refractivity contribution in [3.63, 3.8) is 0 Å². The molecule has 0 aliphatic heterocycles. The summed E-state index contributed by atoms with van der Waals surface area (Å²) >= 11 is 0. The summed E-state index contributed by atoms with van der Waals surface area (Å²) < 4.78 is 1.82. The molecule has 0 unspecified atom stereocenters. The molecular formula is C12H15N3. The molecule has 0 atom stereocenters. The Labute approximate surface area is 89.8 Å². The van der Waals surface area contributed by atoms with Crippen molar-refractivity contribution in [3.05, 3.63) is 41.3 Å². The molecule has 3 heteroatoms. The normalized spacial score (nSPS) is 10.6. The lowest BCUT2D eigenvalue weighted by Crippen LogP contribution is -2.05. The quantitative estimate of drug-likeness (QED) is 0.747. The molecule has 0 bridgehead atoms. The SMILES string of the molecule is CCc1cc(C)c(C)c(-n2cccn2)n1. The fourth-order valence-corrected chi connectivity index (χ4v) is 1.58. The minimum absolute atomic E-state index is 0.942. The van der Waals surface area contributed by atoms with Gasteiger partial charge in [0, 0.05) is 18.1 Å². The van der Waals surface area contributed by atoms with E-state index in [0.717, 1.165) is 17.9 Å². The molecule has 2 rings (SSSR count). The topological polar surface area (TPSA) is 30.7 Å². The van der Waals surface area contributed by atoms with Crippen LogP contribution in [0.5, 0.6) is 0 Å². The zero-order chi connectivity index (χ0) is 10.8. The van der Waals surface area contributed by atoms with Crippen molar-refractivity contribution in [2.24, 2.45) is 0 Å². The lowest BCUT2D eigenvalue weighted by atomic mass is 10.1. The Hall–Kier alpha value is -1.64. The fraction of sp³-hybridized carbons (Fsp3) is 0.333. The van der Waals surface area contributed by atoms with Crippen LogP contribution in [0.3, 0.4) is 0 Å². The average molecular weight is 201 g/mol. The lowest BCUT2D eigenvalue weighted by molar-refractivity contribution is 0.820. The van der Waals surface area contributed by atoms with Crippen LogP contribution in [0.4, 0.5) is 0 Å². The molecule has 2 aromatic heterocycles. The predicted molar refractivity (Wildman–Crippen MR) is 60.2 cm³/mol. The van der Waals surface area contributed by atoms with E-state index in [2.05, 4.69) is 36.9 Å². The Bertz CT molecular complexity index is 458. The van der Waals surface area contributed by atoms with Gasteiger partial charge in [-0.25, -0.2) is 9.67 Å². The zero-order valence-electron chi connectivity index (χ0n) is 9.36. The van der Waals surface area contributed by atoms with Crippen molar-refractivity contribution in [3.8, 4) is 5.82 Å². The second-order valence-electron chi connectivity index (χ2n) is 3.68. The average Bonchev–Trinajstić information content (AvgIpc) is 2.75. The molecule has 0 aliphatic rings. The second kappa shape index (κ2) is 3.85. The maximum Gasteiger partial charge on any atom is 0.156 e. The first-order chi connectivity index (χ1) is 7.22. The fourth-order valence-electron chi connectivity index (χ4n) is 1.58. The van der Waals surface area contributed by atoms with Crippen LogP contribution >= 0.6 is 0 Å². The van der Waals surface area contributed by atoms with Crippen LogP contribution in [-0.2, 0) is 6.42 Å². The Morgan fingerprint density at radius 1 is 1.33 bits per heavy atom. The van der Waals surface area contributed by atoms with Crippen LogP contribution in [0.25, 0.3) is 5.82 Å². The molecule has 0 spiro atoms. The minimum Gasteiger partial charge on any atom is -0.233 e. The maximum atomic E-state index is 4.59. The Kier molecular flexibility index (Phi) is 2.54. The molecule has 0 saturated heterocycles. The standard InChI is InChI=1S/C12H15N3/c1-4-11-8-9(2)10(3)12(14-11)15-7-5-6-13-15/h5-8H,4H2,1-3H3. The molecule has 0 fully saturated rings. The number of nitrogens with zero attached hydrogens (tertiary/aromatic N) is 3. The van der Waals surface area contributed by atoms with E-state index in [0.29, 0.717) is 0 Å². The van der Waals surface area contributed by atoms with E-state index in [4.69, 9.17) is 0 Å². The van der Waals surface area contributed by atoms with Crippen molar-refractivity contribution >= 4 is 0 Å². The number of rotatable bonds is 2. The van der Waals surface area contributed by atoms with Crippen LogP contribution in [-0.4, -0.2) is 14.8 Å². The van der Waals surface area contributed by atoms with E-state index >= 15 is 0 Å². The lowest BCUT2D eigenvalue weighted by Gasteiger charge is -2.09. The number of aromatic nitrogens is 3. The number of hydrogen-bond acceptors (Lipinski definition) is 2. The third-order valence-electron chi connectivity index (χ3n) is 2.64. The Balaban J connectivity index is 2.60. The monoisotopic (exact) mass is 201 g/mol. The molecule has 15 heavy (non-hydrogen) atoms. The van der Waals surface area contributed by atoms with Gasteiger partial charge in [0.2, 0.25) is 0 Å². The van der Waals surface area contributed by atoms with Gasteiger partial charge in [-0.1, -0.05) is 6.92 Å². The highest BCUT2D eigenvalue weighted by Gasteiger charge is 2.07. The van der Waals surface area contributed by atoms with E-state index in [-0.39, 0.29) is 0 Å². The van der Waals surface area contributed by atoms with E-state index < -0.39 is 0 Å². The van der Waals surface area contributed by atoms with Gasteiger partial charge < -0.3 is 0 Å². The summed E-state index contributed by atoms with van der Waals surface area (Å²) in [5.41, 5.74) is 3.58. The predicted octanol–water partition coefficient (Wildman–Crippen LogP) is 2.45. The first-order valence-corrected chi connectivity index (χ1v) is 5.19. The van der Waals surface area contributed by atoms with Crippen molar-refractivity contribution < 1.29 is 0 Å². The summed E-state index contributed by atoms with van der Waals surface area (Å²) in [6.07, 6.45) is 4.65. The molecule has 2 aromatic rings. The van der Waals surface area contributed by atoms with E-state index in [1.165, 1.54) is 11.1 Å². The molecule has 2 heterocycles. The summed E-state index contributed by atoms with van der Waals surface area (Å²) in [5.74, 6) is 0.942. The van der Waals surface area contributed by atoms with Gasteiger partial charge in [-0.3, -0.25) is 0 Å². The number of aryl methyl sites for hydroxylation is 2. The van der Waals surface area contributed by atoms with Crippen LogP contribution in [0.2, 0.25) is 0 Å². The summed E-state index contributed by atoms with van der Waals surface area (Å²) in [4.78, 5) is 4.59. The summed E-state index contributed by atoms with van der Waals surface area (Å²) in [6, 6.07) is 4.05. The number of hydrogen-bond donors (Lipinski definition) is 0. The molecule has 0 saturated carbocycles. The first-order valence-electron chi connectivity index (χ1n) is 5.19. The molecule has 0 amide bonds. The summed E-state index contributed by atoms with van der Waals surface area (Å²) in [6.45, 7) is 6.31. The van der Waals surface area contributed by atoms with Crippen molar-refractivity contribution in [1.82, 2.24) is 14.8 Å². The Morgan fingerprint density at radius 2 is 2.13 bits per heavy atom. The first kappa shape index (κ1) is 9.90.